The molecule has 12 heteroatoms. The fraction of sp³-hybridized carbons (Fsp3) is 0.188. The molecular formula is C16H12F6O6. The first kappa shape index (κ1) is 22.7. The largest absolute Gasteiger partial charge is 0.573 e. The molecule has 0 aromatic heterocycles. The fourth-order valence-electron chi connectivity index (χ4n) is 1.59. The number of ether oxygens (including phenoxy) is 3. The van der Waals surface area contributed by atoms with Gasteiger partial charge in [0.15, 0.2) is 29.6 Å². The molecule has 0 aliphatic carbocycles. The molecule has 0 amide bonds. The third-order valence-corrected chi connectivity index (χ3v) is 2.52. The summed E-state index contributed by atoms with van der Waals surface area (Å²) in [6, 6.07) is 9.81. The van der Waals surface area contributed by atoms with Crippen molar-refractivity contribution in [2.45, 2.75) is 12.7 Å². The molecule has 0 atom stereocenters. The fourth-order valence-corrected chi connectivity index (χ4v) is 1.59. The van der Waals surface area contributed by atoms with Gasteiger partial charge in [0.05, 0.1) is 0 Å². The highest BCUT2D eigenvalue weighted by atomic mass is 19.4. The number of hydrogen-bond donors (Lipinski definition) is 2. The number of halogens is 6. The molecule has 0 radical (unpaired) electrons. The molecule has 28 heavy (non-hydrogen) atoms. The van der Waals surface area contributed by atoms with Crippen LogP contribution in [0.25, 0.3) is 0 Å². The second kappa shape index (κ2) is 9.58. The van der Waals surface area contributed by atoms with Crippen LogP contribution in [-0.2, 0) is 4.79 Å². The van der Waals surface area contributed by atoms with Crippen LogP contribution in [0.5, 0.6) is 23.0 Å². The summed E-state index contributed by atoms with van der Waals surface area (Å²) >= 11 is 0. The average molecular weight is 414 g/mol. The van der Waals surface area contributed by atoms with Gasteiger partial charge in [-0.2, -0.15) is 0 Å². The molecule has 2 aromatic carbocycles. The Morgan fingerprint density at radius 3 is 1.68 bits per heavy atom. The Morgan fingerprint density at radius 1 is 0.786 bits per heavy atom. The lowest BCUT2D eigenvalue weighted by atomic mass is 10.3. The van der Waals surface area contributed by atoms with E-state index in [0.717, 1.165) is 18.2 Å². The Bertz CT molecular complexity index is 775. The predicted molar refractivity (Wildman–Crippen MR) is 81.0 cm³/mol. The third-order valence-electron chi connectivity index (χ3n) is 2.52. The highest BCUT2D eigenvalue weighted by molar-refractivity contribution is 5.68. The van der Waals surface area contributed by atoms with E-state index in [2.05, 4.69) is 14.2 Å². The van der Waals surface area contributed by atoms with Crippen LogP contribution in [-0.4, -0.2) is 35.5 Å². The Labute approximate surface area is 153 Å². The van der Waals surface area contributed by atoms with Crippen LogP contribution in [0, 0.1) is 0 Å². The quantitative estimate of drug-likeness (QED) is 0.709. The molecule has 2 aromatic rings. The maximum absolute atomic E-state index is 11.9. The second-order valence-corrected chi connectivity index (χ2v) is 4.69. The Hall–Kier alpha value is -3.31. The van der Waals surface area contributed by atoms with Gasteiger partial charge < -0.3 is 24.4 Å². The van der Waals surface area contributed by atoms with Gasteiger partial charge >= 0.3 is 18.7 Å². The maximum atomic E-state index is 11.9. The van der Waals surface area contributed by atoms with Crippen LogP contribution in [0.3, 0.4) is 0 Å². The first-order valence-corrected chi connectivity index (χ1v) is 7.10. The summed E-state index contributed by atoms with van der Waals surface area (Å²) in [5, 5.41) is 17.2. The molecule has 0 aliphatic heterocycles. The van der Waals surface area contributed by atoms with Crippen molar-refractivity contribution in [3.05, 3.63) is 48.5 Å². The van der Waals surface area contributed by atoms with Gasteiger partial charge in [0.25, 0.3) is 0 Å². The van der Waals surface area contributed by atoms with E-state index in [1.165, 1.54) is 30.3 Å². The Kier molecular flexibility index (Phi) is 7.77. The molecule has 0 spiro atoms. The molecule has 2 N–H and O–H groups in total. The molecule has 0 fully saturated rings. The SMILES string of the molecule is O=C(O)COc1ccccc1OC(F)(F)F.Oc1ccccc1OC(F)(F)F. The molecule has 0 aliphatic rings. The first-order valence-electron chi connectivity index (χ1n) is 7.10. The summed E-state index contributed by atoms with van der Waals surface area (Å²) < 4.78 is 82.3. The minimum absolute atomic E-state index is 0.276. The molecule has 2 rings (SSSR count). The lowest BCUT2D eigenvalue weighted by Crippen LogP contribution is -2.18. The minimum Gasteiger partial charge on any atom is -0.504 e. The van der Waals surface area contributed by atoms with Gasteiger partial charge in [0.1, 0.15) is 0 Å². The third kappa shape index (κ3) is 9.40. The number of alkyl halides is 6. The van der Waals surface area contributed by atoms with Gasteiger partial charge in [-0.15, -0.1) is 26.3 Å². The summed E-state index contributed by atoms with van der Waals surface area (Å²) in [6.45, 7) is -0.738. The van der Waals surface area contributed by atoms with Crippen LogP contribution in [0.4, 0.5) is 26.3 Å². The summed E-state index contributed by atoms with van der Waals surface area (Å²) in [4.78, 5) is 10.2. The highest BCUT2D eigenvalue weighted by Crippen LogP contribution is 2.32. The van der Waals surface area contributed by atoms with Crippen molar-refractivity contribution in [2.24, 2.45) is 0 Å². The van der Waals surface area contributed by atoms with Crippen molar-refractivity contribution >= 4 is 5.97 Å². The van der Waals surface area contributed by atoms with Crippen LogP contribution in [0.1, 0.15) is 0 Å². The summed E-state index contributed by atoms with van der Waals surface area (Å²) in [7, 11) is 0. The Morgan fingerprint density at radius 2 is 1.21 bits per heavy atom. The van der Waals surface area contributed by atoms with E-state index in [9.17, 15) is 31.1 Å². The molecule has 0 saturated carbocycles. The van der Waals surface area contributed by atoms with E-state index in [0.29, 0.717) is 0 Å². The zero-order valence-corrected chi connectivity index (χ0v) is 13.6. The number of carboxylic acid groups (broad SMARTS) is 1. The lowest BCUT2D eigenvalue weighted by Gasteiger charge is -2.12. The Balaban J connectivity index is 0.000000292. The molecule has 154 valence electrons. The number of phenols is 1. The van der Waals surface area contributed by atoms with Crippen LogP contribution in [0.2, 0.25) is 0 Å². The number of rotatable bonds is 5. The predicted octanol–water partition coefficient (Wildman–Crippen LogP) is 4.34. The van der Waals surface area contributed by atoms with Gasteiger partial charge in [0, 0.05) is 0 Å². The molecule has 0 saturated heterocycles. The lowest BCUT2D eigenvalue weighted by molar-refractivity contribution is -0.276. The van der Waals surface area contributed by atoms with E-state index in [-0.39, 0.29) is 5.75 Å². The van der Waals surface area contributed by atoms with E-state index >= 15 is 0 Å². The monoisotopic (exact) mass is 414 g/mol. The summed E-state index contributed by atoms with van der Waals surface area (Å²) in [5.74, 6) is -3.26. The first-order chi connectivity index (χ1) is 12.9. The summed E-state index contributed by atoms with van der Waals surface area (Å²) in [6.07, 6.45) is -9.61. The normalized spacial score (nSPS) is 11.1. The van der Waals surface area contributed by atoms with E-state index < -0.39 is 42.5 Å². The smallest absolute Gasteiger partial charge is 0.504 e. The van der Waals surface area contributed by atoms with Crippen LogP contribution in [0.15, 0.2) is 48.5 Å². The minimum atomic E-state index is -4.84. The van der Waals surface area contributed by atoms with Gasteiger partial charge in [-0.1, -0.05) is 24.3 Å². The zero-order valence-electron chi connectivity index (χ0n) is 13.6. The van der Waals surface area contributed by atoms with E-state index in [1.807, 2.05) is 0 Å². The van der Waals surface area contributed by atoms with Gasteiger partial charge in [-0.05, 0) is 24.3 Å². The van der Waals surface area contributed by atoms with Gasteiger partial charge in [0.2, 0.25) is 0 Å². The van der Waals surface area contributed by atoms with Crippen molar-refractivity contribution in [3.63, 3.8) is 0 Å². The van der Waals surface area contributed by atoms with Crippen molar-refractivity contribution in [1.29, 1.82) is 0 Å². The number of phenolic OH excluding ortho intramolecular Hbond substituents is 1. The standard InChI is InChI=1S/C9H7F3O4.C7H5F3O2/c10-9(11,12)16-7-4-2-1-3-6(7)15-5-8(13)14;8-7(9,10)12-6-4-2-1-3-5(6)11/h1-4H,5H2,(H,13,14);1-4,11H. The van der Waals surface area contributed by atoms with Crippen molar-refractivity contribution in [3.8, 4) is 23.0 Å². The number of hydrogen-bond acceptors (Lipinski definition) is 5. The average Bonchev–Trinajstić information content (AvgIpc) is 2.54. The van der Waals surface area contributed by atoms with Gasteiger partial charge in [-0.3, -0.25) is 0 Å². The summed E-state index contributed by atoms with van der Waals surface area (Å²) in [5.41, 5.74) is 0. The van der Waals surface area contributed by atoms with Gasteiger partial charge in [-0.25, -0.2) is 4.79 Å². The maximum Gasteiger partial charge on any atom is 0.573 e. The van der Waals surface area contributed by atoms with Crippen LogP contribution >= 0.6 is 0 Å². The van der Waals surface area contributed by atoms with E-state index in [1.54, 1.807) is 0 Å². The van der Waals surface area contributed by atoms with Crippen molar-refractivity contribution < 1.29 is 55.6 Å². The number of para-hydroxylation sites is 4. The molecule has 0 bridgehead atoms. The zero-order chi connectivity index (χ0) is 21.4. The topological polar surface area (TPSA) is 85.2 Å². The molecule has 0 heterocycles. The van der Waals surface area contributed by atoms with E-state index in [4.69, 9.17) is 10.2 Å². The van der Waals surface area contributed by atoms with Crippen LogP contribution < -0.4 is 14.2 Å². The number of benzene rings is 2. The number of aliphatic carboxylic acids is 1. The number of carbonyl (C=O) groups is 1. The number of carboxylic acids is 1. The number of aromatic hydroxyl groups is 1. The molecular weight excluding hydrogens is 402 g/mol. The highest BCUT2D eigenvalue weighted by Gasteiger charge is 2.33. The van der Waals surface area contributed by atoms with Crippen molar-refractivity contribution in [1.82, 2.24) is 0 Å². The molecule has 6 nitrogen and oxygen atoms in total. The van der Waals surface area contributed by atoms with Crippen molar-refractivity contribution in [2.75, 3.05) is 6.61 Å². The molecule has 0 unspecified atom stereocenters. The second-order valence-electron chi connectivity index (χ2n) is 4.69.